The highest BCUT2D eigenvalue weighted by atomic mass is 15.2. The van der Waals surface area contributed by atoms with Crippen molar-refractivity contribution in [1.82, 2.24) is 24.8 Å². The molecule has 0 spiro atoms. The van der Waals surface area contributed by atoms with E-state index in [-0.39, 0.29) is 0 Å². The summed E-state index contributed by atoms with van der Waals surface area (Å²) in [5, 5.41) is 3.38. The Morgan fingerprint density at radius 3 is 2.74 bits per heavy atom. The van der Waals surface area contributed by atoms with Crippen LogP contribution in [0.15, 0.2) is 18.6 Å². The van der Waals surface area contributed by atoms with Gasteiger partial charge < -0.3 is 5.32 Å². The van der Waals surface area contributed by atoms with Crippen LogP contribution < -0.4 is 5.32 Å². The Hall–Kier alpha value is -1.75. The fourth-order valence-electron chi connectivity index (χ4n) is 1.86. The largest absolute Gasteiger partial charge is 0.310 e. The molecule has 5 nitrogen and oxygen atoms in total. The fraction of sp³-hybridized carbons (Fsp3) is 0.500. The molecule has 5 heteroatoms. The van der Waals surface area contributed by atoms with Crippen molar-refractivity contribution >= 4 is 0 Å². The zero-order valence-electron chi connectivity index (χ0n) is 12.0. The van der Waals surface area contributed by atoms with Gasteiger partial charge >= 0.3 is 0 Å². The standard InChI is InChI=1S/C14H21N5/c1-5-13-15-6-7-19(13)14-17-9-12(11(4)18-14)8-16-10(2)3/h6-7,9-10,16H,5,8H2,1-4H3. The Bertz CT molecular complexity index is 545. The maximum absolute atomic E-state index is 4.57. The molecule has 0 fully saturated rings. The van der Waals surface area contributed by atoms with Crippen LogP contribution >= 0.6 is 0 Å². The normalized spacial score (nSPS) is 11.2. The Kier molecular flexibility index (Phi) is 4.27. The van der Waals surface area contributed by atoms with Crippen molar-refractivity contribution in [3.63, 3.8) is 0 Å². The Labute approximate surface area is 114 Å². The maximum Gasteiger partial charge on any atom is 0.235 e. The van der Waals surface area contributed by atoms with E-state index in [0.717, 1.165) is 30.0 Å². The van der Waals surface area contributed by atoms with E-state index in [1.807, 2.05) is 23.9 Å². The Morgan fingerprint density at radius 2 is 2.11 bits per heavy atom. The molecule has 19 heavy (non-hydrogen) atoms. The molecule has 2 aromatic heterocycles. The van der Waals surface area contributed by atoms with Gasteiger partial charge in [-0.05, 0) is 6.92 Å². The quantitative estimate of drug-likeness (QED) is 0.892. The van der Waals surface area contributed by atoms with Crippen molar-refractivity contribution in [2.75, 3.05) is 0 Å². The number of rotatable bonds is 5. The molecule has 2 rings (SSSR count). The molecular weight excluding hydrogens is 238 g/mol. The number of nitrogens with one attached hydrogen (secondary N) is 1. The van der Waals surface area contributed by atoms with Crippen LogP contribution in [0.5, 0.6) is 0 Å². The Balaban J connectivity index is 2.23. The van der Waals surface area contributed by atoms with Gasteiger partial charge in [-0.2, -0.15) is 0 Å². The minimum absolute atomic E-state index is 0.458. The number of nitrogens with zero attached hydrogens (tertiary/aromatic N) is 4. The van der Waals surface area contributed by atoms with E-state index >= 15 is 0 Å². The van der Waals surface area contributed by atoms with Crippen molar-refractivity contribution in [2.45, 2.75) is 46.7 Å². The maximum atomic E-state index is 4.57. The molecule has 2 heterocycles. The van der Waals surface area contributed by atoms with Crippen molar-refractivity contribution in [3.05, 3.63) is 35.7 Å². The first-order valence-corrected chi connectivity index (χ1v) is 6.70. The van der Waals surface area contributed by atoms with Crippen molar-refractivity contribution in [1.29, 1.82) is 0 Å². The minimum atomic E-state index is 0.458. The zero-order chi connectivity index (χ0) is 13.8. The monoisotopic (exact) mass is 259 g/mol. The third kappa shape index (κ3) is 3.17. The van der Waals surface area contributed by atoms with E-state index in [1.165, 1.54) is 0 Å². The summed E-state index contributed by atoms with van der Waals surface area (Å²) in [6.07, 6.45) is 6.45. The molecular formula is C14H21N5. The second-order valence-corrected chi connectivity index (χ2v) is 4.88. The Morgan fingerprint density at radius 1 is 1.32 bits per heavy atom. The van der Waals surface area contributed by atoms with Crippen LogP contribution in [0.3, 0.4) is 0 Å². The summed E-state index contributed by atoms with van der Waals surface area (Å²) in [7, 11) is 0. The van der Waals surface area contributed by atoms with Crippen molar-refractivity contribution < 1.29 is 0 Å². The average molecular weight is 259 g/mol. The van der Waals surface area contributed by atoms with Gasteiger partial charge in [0, 0.05) is 48.9 Å². The summed E-state index contributed by atoms with van der Waals surface area (Å²) in [6, 6.07) is 0.458. The third-order valence-electron chi connectivity index (χ3n) is 3.02. The van der Waals surface area contributed by atoms with Gasteiger partial charge in [0.15, 0.2) is 0 Å². The van der Waals surface area contributed by atoms with Crippen LogP contribution in [0.4, 0.5) is 0 Å². The summed E-state index contributed by atoms with van der Waals surface area (Å²) < 4.78 is 1.94. The van der Waals surface area contributed by atoms with Crippen molar-refractivity contribution in [2.24, 2.45) is 0 Å². The lowest BCUT2D eigenvalue weighted by molar-refractivity contribution is 0.584. The van der Waals surface area contributed by atoms with Crippen LogP contribution in [0, 0.1) is 6.92 Å². The predicted octanol–water partition coefficient (Wildman–Crippen LogP) is 2.03. The van der Waals surface area contributed by atoms with E-state index < -0.39 is 0 Å². The molecule has 102 valence electrons. The molecule has 0 unspecified atom stereocenters. The second kappa shape index (κ2) is 5.93. The summed E-state index contributed by atoms with van der Waals surface area (Å²) >= 11 is 0. The van der Waals surface area contributed by atoms with Gasteiger partial charge in [0.1, 0.15) is 5.82 Å². The highest BCUT2D eigenvalue weighted by Crippen LogP contribution is 2.10. The molecule has 1 N–H and O–H groups in total. The first-order chi connectivity index (χ1) is 9.11. The first kappa shape index (κ1) is 13.7. The molecule has 0 bridgehead atoms. The number of hydrogen-bond acceptors (Lipinski definition) is 4. The van der Waals surface area contributed by atoms with Crippen molar-refractivity contribution in [3.8, 4) is 5.95 Å². The summed E-state index contributed by atoms with van der Waals surface area (Å²) in [5.41, 5.74) is 2.14. The minimum Gasteiger partial charge on any atom is -0.310 e. The lowest BCUT2D eigenvalue weighted by Crippen LogP contribution is -2.22. The van der Waals surface area contributed by atoms with Gasteiger partial charge in [-0.1, -0.05) is 20.8 Å². The predicted molar refractivity (Wildman–Crippen MR) is 75.2 cm³/mol. The molecule has 0 atom stereocenters. The molecule has 0 aliphatic heterocycles. The van der Waals surface area contributed by atoms with Crippen LogP contribution in [0.2, 0.25) is 0 Å². The molecule has 0 aromatic carbocycles. The second-order valence-electron chi connectivity index (χ2n) is 4.88. The van der Waals surface area contributed by atoms with E-state index in [1.54, 1.807) is 6.20 Å². The van der Waals surface area contributed by atoms with Gasteiger partial charge in [-0.15, -0.1) is 0 Å². The number of aryl methyl sites for hydroxylation is 2. The molecule has 0 saturated carbocycles. The third-order valence-corrected chi connectivity index (χ3v) is 3.02. The molecule has 2 aromatic rings. The number of imidazole rings is 1. The summed E-state index contributed by atoms with van der Waals surface area (Å²) in [6.45, 7) is 9.15. The fourth-order valence-corrected chi connectivity index (χ4v) is 1.86. The zero-order valence-corrected chi connectivity index (χ0v) is 12.0. The molecule has 0 aliphatic carbocycles. The molecule has 0 aliphatic rings. The lowest BCUT2D eigenvalue weighted by atomic mass is 10.2. The first-order valence-electron chi connectivity index (χ1n) is 6.70. The van der Waals surface area contributed by atoms with Gasteiger partial charge in [-0.25, -0.2) is 15.0 Å². The van der Waals surface area contributed by atoms with E-state index in [2.05, 4.69) is 41.0 Å². The molecule has 0 amide bonds. The SMILES string of the molecule is CCc1nccn1-c1ncc(CNC(C)C)c(C)n1. The highest BCUT2D eigenvalue weighted by molar-refractivity contribution is 5.23. The smallest absolute Gasteiger partial charge is 0.235 e. The van der Waals surface area contributed by atoms with Crippen LogP contribution in [0.1, 0.15) is 37.9 Å². The topological polar surface area (TPSA) is 55.6 Å². The van der Waals surface area contributed by atoms with E-state index in [0.29, 0.717) is 12.0 Å². The van der Waals surface area contributed by atoms with Crippen LogP contribution in [-0.4, -0.2) is 25.6 Å². The number of aromatic nitrogens is 4. The number of hydrogen-bond donors (Lipinski definition) is 1. The van der Waals surface area contributed by atoms with Gasteiger partial charge in [-0.3, -0.25) is 4.57 Å². The summed E-state index contributed by atoms with van der Waals surface area (Å²) in [4.78, 5) is 13.3. The van der Waals surface area contributed by atoms with E-state index in [9.17, 15) is 0 Å². The van der Waals surface area contributed by atoms with E-state index in [4.69, 9.17) is 0 Å². The average Bonchev–Trinajstić information content (AvgIpc) is 2.85. The van der Waals surface area contributed by atoms with Gasteiger partial charge in [0.25, 0.3) is 0 Å². The van der Waals surface area contributed by atoms with Gasteiger partial charge in [0.2, 0.25) is 5.95 Å². The van der Waals surface area contributed by atoms with Gasteiger partial charge in [0.05, 0.1) is 0 Å². The molecule has 0 radical (unpaired) electrons. The lowest BCUT2D eigenvalue weighted by Gasteiger charge is -2.11. The molecule has 0 saturated heterocycles. The summed E-state index contributed by atoms with van der Waals surface area (Å²) in [5.74, 6) is 1.67. The highest BCUT2D eigenvalue weighted by Gasteiger charge is 2.08. The van der Waals surface area contributed by atoms with Crippen LogP contribution in [0.25, 0.3) is 5.95 Å². The van der Waals surface area contributed by atoms with Crippen LogP contribution in [-0.2, 0) is 13.0 Å².